The third-order valence-corrected chi connectivity index (χ3v) is 5.03. The average molecular weight is 530 g/mol. The molecule has 3 N–H and O–H groups in total. The van der Waals surface area contributed by atoms with Gasteiger partial charge in [-0.25, -0.2) is 4.39 Å². The van der Waals surface area contributed by atoms with Gasteiger partial charge in [-0.1, -0.05) is 12.1 Å². The van der Waals surface area contributed by atoms with Gasteiger partial charge < -0.3 is 16.0 Å². The van der Waals surface area contributed by atoms with E-state index in [4.69, 9.17) is 0 Å². The second kappa shape index (κ2) is 14.2. The first-order chi connectivity index (χ1) is 13.6. The smallest absolute Gasteiger partial charge is 0.251 e. The topological polar surface area (TPSA) is 65.5 Å². The highest BCUT2D eigenvalue weighted by Crippen LogP contribution is 2.18. The van der Waals surface area contributed by atoms with Crippen LogP contribution in [0.5, 0.6) is 0 Å². The molecule has 0 unspecified atom stereocenters. The lowest BCUT2D eigenvalue weighted by Crippen LogP contribution is -2.37. The maximum absolute atomic E-state index is 12.9. The second-order valence-electron chi connectivity index (χ2n) is 6.06. The fourth-order valence-corrected chi connectivity index (χ4v) is 3.30. The molecule has 0 saturated carbocycles. The number of rotatable bonds is 9. The van der Waals surface area contributed by atoms with Crippen LogP contribution < -0.4 is 16.0 Å². The summed E-state index contributed by atoms with van der Waals surface area (Å²) >= 11 is 1.71. The van der Waals surface area contributed by atoms with E-state index in [2.05, 4.69) is 20.9 Å². The van der Waals surface area contributed by atoms with Crippen molar-refractivity contribution in [3.63, 3.8) is 0 Å². The van der Waals surface area contributed by atoms with Crippen LogP contribution in [0.4, 0.5) is 4.39 Å². The number of carbonyl (C=O) groups excluding carboxylic acids is 1. The molecule has 0 aliphatic heterocycles. The molecule has 29 heavy (non-hydrogen) atoms. The molecule has 0 radical (unpaired) electrons. The van der Waals surface area contributed by atoms with Crippen molar-refractivity contribution in [1.82, 2.24) is 16.0 Å². The van der Waals surface area contributed by atoms with Gasteiger partial charge in [-0.05, 0) is 61.1 Å². The van der Waals surface area contributed by atoms with Gasteiger partial charge in [-0.15, -0.1) is 35.7 Å². The van der Waals surface area contributed by atoms with Gasteiger partial charge in [0.15, 0.2) is 5.96 Å². The molecule has 0 aromatic heterocycles. The minimum Gasteiger partial charge on any atom is -0.356 e. The third-order valence-electron chi connectivity index (χ3n) is 3.93. The highest BCUT2D eigenvalue weighted by atomic mass is 127. The molecule has 1 amide bonds. The zero-order valence-electron chi connectivity index (χ0n) is 16.7. The zero-order chi connectivity index (χ0) is 20.2. The Labute approximate surface area is 193 Å². The predicted molar refractivity (Wildman–Crippen MR) is 130 cm³/mol. The first-order valence-corrected chi connectivity index (χ1v) is 10.3. The number of hydrogen-bond acceptors (Lipinski definition) is 3. The number of benzene rings is 2. The van der Waals surface area contributed by atoms with Gasteiger partial charge in [0, 0.05) is 37.1 Å². The van der Waals surface area contributed by atoms with Gasteiger partial charge in [-0.2, -0.15) is 0 Å². The Kier molecular flexibility index (Phi) is 12.4. The SMILES string of the molecule is CCNC(=O)c1ccc(CNC(=NC)NCCCSc2ccc(F)cc2)cc1.I. The van der Waals surface area contributed by atoms with Gasteiger partial charge in [0.1, 0.15) is 5.82 Å². The number of thioether (sulfide) groups is 1. The number of aliphatic imine (C=N–C) groups is 1. The Bertz CT molecular complexity index is 769. The summed E-state index contributed by atoms with van der Waals surface area (Å²) < 4.78 is 12.9. The average Bonchev–Trinajstić information content (AvgIpc) is 2.72. The van der Waals surface area contributed by atoms with Crippen molar-refractivity contribution in [3.8, 4) is 0 Å². The summed E-state index contributed by atoms with van der Waals surface area (Å²) in [5, 5.41) is 9.33. The van der Waals surface area contributed by atoms with E-state index in [0.29, 0.717) is 18.7 Å². The molecule has 0 spiro atoms. The minimum absolute atomic E-state index is 0. The van der Waals surface area contributed by atoms with Gasteiger partial charge in [0.2, 0.25) is 0 Å². The van der Waals surface area contributed by atoms with Gasteiger partial charge >= 0.3 is 0 Å². The Morgan fingerprint density at radius 2 is 1.72 bits per heavy atom. The van der Waals surface area contributed by atoms with Crippen molar-refractivity contribution in [3.05, 3.63) is 65.5 Å². The normalized spacial score (nSPS) is 10.8. The molecular formula is C21H28FIN4OS. The second-order valence-corrected chi connectivity index (χ2v) is 7.23. The van der Waals surface area contributed by atoms with Crippen LogP contribution in [0.15, 0.2) is 58.4 Å². The molecule has 0 aliphatic rings. The van der Waals surface area contributed by atoms with Gasteiger partial charge in [0.05, 0.1) is 0 Å². The molecule has 2 aromatic carbocycles. The van der Waals surface area contributed by atoms with Crippen LogP contribution in [-0.4, -0.2) is 37.8 Å². The van der Waals surface area contributed by atoms with Crippen molar-refractivity contribution in [2.75, 3.05) is 25.9 Å². The van der Waals surface area contributed by atoms with Crippen LogP contribution in [0.3, 0.4) is 0 Å². The molecule has 0 aliphatic carbocycles. The number of nitrogens with one attached hydrogen (secondary N) is 3. The summed E-state index contributed by atoms with van der Waals surface area (Å²) in [5.74, 6) is 1.41. The monoisotopic (exact) mass is 530 g/mol. The highest BCUT2D eigenvalue weighted by Gasteiger charge is 2.04. The summed E-state index contributed by atoms with van der Waals surface area (Å²) in [6.45, 7) is 3.94. The quantitative estimate of drug-likeness (QED) is 0.151. The Morgan fingerprint density at radius 1 is 1.03 bits per heavy atom. The molecule has 0 fully saturated rings. The van der Waals surface area contributed by atoms with E-state index in [9.17, 15) is 9.18 Å². The van der Waals surface area contributed by atoms with E-state index in [1.165, 1.54) is 12.1 Å². The summed E-state index contributed by atoms with van der Waals surface area (Å²) in [5.41, 5.74) is 1.73. The molecular weight excluding hydrogens is 502 g/mol. The lowest BCUT2D eigenvalue weighted by atomic mass is 10.1. The molecule has 0 heterocycles. The van der Waals surface area contributed by atoms with Gasteiger partial charge in [0.25, 0.3) is 5.91 Å². The number of amides is 1. The molecule has 2 rings (SSSR count). The largest absolute Gasteiger partial charge is 0.356 e. The van der Waals surface area contributed by atoms with Gasteiger partial charge in [-0.3, -0.25) is 9.79 Å². The summed E-state index contributed by atoms with van der Waals surface area (Å²) in [7, 11) is 1.74. The van der Waals surface area contributed by atoms with E-state index in [-0.39, 0.29) is 35.7 Å². The summed E-state index contributed by atoms with van der Waals surface area (Å²) in [6, 6.07) is 14.1. The maximum atomic E-state index is 12.9. The molecule has 0 saturated heterocycles. The van der Waals surface area contributed by atoms with Crippen LogP contribution in [0.1, 0.15) is 29.3 Å². The highest BCUT2D eigenvalue weighted by molar-refractivity contribution is 14.0. The van der Waals surface area contributed by atoms with Crippen LogP contribution in [0.25, 0.3) is 0 Å². The van der Waals surface area contributed by atoms with Crippen LogP contribution >= 0.6 is 35.7 Å². The first kappa shape index (κ1) is 25.2. The number of carbonyl (C=O) groups is 1. The van der Waals surface area contributed by atoms with E-state index in [1.54, 1.807) is 30.9 Å². The molecule has 2 aromatic rings. The lowest BCUT2D eigenvalue weighted by Gasteiger charge is -2.12. The number of halogens is 2. The van der Waals surface area contributed by atoms with E-state index in [0.717, 1.165) is 35.1 Å². The minimum atomic E-state index is -0.209. The van der Waals surface area contributed by atoms with Crippen molar-refractivity contribution in [1.29, 1.82) is 0 Å². The van der Waals surface area contributed by atoms with Crippen molar-refractivity contribution < 1.29 is 9.18 Å². The Morgan fingerprint density at radius 3 is 2.34 bits per heavy atom. The fourth-order valence-electron chi connectivity index (χ4n) is 2.44. The van der Waals surface area contributed by atoms with E-state index >= 15 is 0 Å². The molecule has 158 valence electrons. The van der Waals surface area contributed by atoms with E-state index in [1.807, 2.05) is 31.2 Å². The zero-order valence-corrected chi connectivity index (χ0v) is 19.9. The van der Waals surface area contributed by atoms with Crippen LogP contribution in [0.2, 0.25) is 0 Å². The molecule has 0 bridgehead atoms. The third kappa shape index (κ3) is 9.49. The number of guanidine groups is 1. The number of hydrogen-bond donors (Lipinski definition) is 3. The maximum Gasteiger partial charge on any atom is 0.251 e. The fraction of sp³-hybridized carbons (Fsp3) is 0.333. The molecule has 5 nitrogen and oxygen atoms in total. The van der Waals surface area contributed by atoms with Crippen LogP contribution in [-0.2, 0) is 6.54 Å². The van der Waals surface area contributed by atoms with Crippen molar-refractivity contribution in [2.24, 2.45) is 4.99 Å². The Hall–Kier alpha value is -1.81. The lowest BCUT2D eigenvalue weighted by molar-refractivity contribution is 0.0956. The first-order valence-electron chi connectivity index (χ1n) is 9.32. The van der Waals surface area contributed by atoms with Crippen molar-refractivity contribution in [2.45, 2.75) is 24.8 Å². The van der Waals surface area contributed by atoms with Crippen LogP contribution in [0, 0.1) is 5.82 Å². The Balaban J connectivity index is 0.00000420. The van der Waals surface area contributed by atoms with E-state index < -0.39 is 0 Å². The summed E-state index contributed by atoms with van der Waals surface area (Å²) in [6.07, 6.45) is 0.962. The predicted octanol–water partition coefficient (Wildman–Crippen LogP) is 4.04. The molecule has 0 atom stereocenters. The summed E-state index contributed by atoms with van der Waals surface area (Å²) in [4.78, 5) is 17.1. The van der Waals surface area contributed by atoms with Crippen molar-refractivity contribution >= 4 is 47.6 Å². The standard InChI is InChI=1S/C21H27FN4OS.HI/c1-3-24-20(27)17-7-5-16(6-8-17)15-26-21(23-2)25-13-4-14-28-19-11-9-18(22)10-12-19;/h5-12H,3-4,13-15H2,1-2H3,(H,24,27)(H2,23,25,26);1H. The molecule has 8 heteroatoms. The number of nitrogens with zero attached hydrogens (tertiary/aromatic N) is 1.